The van der Waals surface area contributed by atoms with E-state index in [4.69, 9.17) is 0 Å². The van der Waals surface area contributed by atoms with Crippen LogP contribution in [-0.4, -0.2) is 0 Å². The zero-order valence-electron chi connectivity index (χ0n) is 7.47. The molecule has 0 bridgehead atoms. The largest absolute Gasteiger partial charge is 0.0996 e. The van der Waals surface area contributed by atoms with Crippen molar-refractivity contribution >= 4 is 0 Å². The molecule has 11 heavy (non-hydrogen) atoms. The van der Waals surface area contributed by atoms with Gasteiger partial charge in [0.25, 0.3) is 0 Å². The van der Waals surface area contributed by atoms with Gasteiger partial charge in [-0.3, -0.25) is 0 Å². The van der Waals surface area contributed by atoms with Gasteiger partial charge in [-0.2, -0.15) is 0 Å². The van der Waals surface area contributed by atoms with Gasteiger partial charge in [-0.05, 0) is 43.4 Å². The number of hydrogen-bond donors (Lipinski definition) is 0. The first kappa shape index (κ1) is 7.39. The Morgan fingerprint density at radius 2 is 2.09 bits per heavy atom. The molecule has 0 spiro atoms. The number of fused-ring (bicyclic) bond motifs is 1. The average molecular weight is 150 g/mol. The van der Waals surface area contributed by atoms with Crippen LogP contribution in [0.5, 0.6) is 0 Å². The third kappa shape index (κ3) is 1.23. The lowest BCUT2D eigenvalue weighted by Crippen LogP contribution is -2.19. The summed E-state index contributed by atoms with van der Waals surface area (Å²) in [6, 6.07) is 0. The van der Waals surface area contributed by atoms with Crippen molar-refractivity contribution in [3.05, 3.63) is 12.2 Å². The van der Waals surface area contributed by atoms with E-state index in [0.29, 0.717) is 0 Å². The summed E-state index contributed by atoms with van der Waals surface area (Å²) in [6.07, 6.45) is 7.14. The van der Waals surface area contributed by atoms with E-state index in [9.17, 15) is 0 Å². The number of allylic oxidation sites excluding steroid dienone is 1. The second kappa shape index (κ2) is 2.66. The van der Waals surface area contributed by atoms with Gasteiger partial charge in [0.2, 0.25) is 0 Å². The van der Waals surface area contributed by atoms with E-state index in [1.165, 1.54) is 32.1 Å². The zero-order chi connectivity index (χ0) is 7.84. The Morgan fingerprint density at radius 3 is 2.91 bits per heavy atom. The quantitative estimate of drug-likeness (QED) is 0.464. The first-order valence-electron chi connectivity index (χ1n) is 4.95. The second-order valence-electron chi connectivity index (χ2n) is 4.48. The summed E-state index contributed by atoms with van der Waals surface area (Å²) in [5, 5.41) is 0. The second-order valence-corrected chi connectivity index (χ2v) is 4.48. The van der Waals surface area contributed by atoms with Crippen molar-refractivity contribution < 1.29 is 0 Å². The van der Waals surface area contributed by atoms with Gasteiger partial charge < -0.3 is 0 Å². The summed E-state index contributed by atoms with van der Waals surface area (Å²) in [5.41, 5.74) is 1.56. The van der Waals surface area contributed by atoms with Gasteiger partial charge in [0.1, 0.15) is 0 Å². The van der Waals surface area contributed by atoms with Crippen molar-refractivity contribution in [2.45, 2.75) is 39.0 Å². The smallest absolute Gasteiger partial charge is 0.0175 e. The summed E-state index contributed by atoms with van der Waals surface area (Å²) in [6.45, 7) is 6.56. The highest BCUT2D eigenvalue weighted by atomic mass is 14.4. The van der Waals surface area contributed by atoms with E-state index in [-0.39, 0.29) is 0 Å². The van der Waals surface area contributed by atoms with Crippen molar-refractivity contribution in [3.63, 3.8) is 0 Å². The lowest BCUT2D eigenvalue weighted by atomic mass is 9.76. The Bertz CT molecular complexity index is 169. The highest BCUT2D eigenvalue weighted by molar-refractivity contribution is 5.10. The molecule has 0 amide bonds. The van der Waals surface area contributed by atoms with Gasteiger partial charge in [-0.15, -0.1) is 0 Å². The minimum atomic E-state index is 0.916. The molecule has 2 aliphatic rings. The summed E-state index contributed by atoms with van der Waals surface area (Å²) >= 11 is 0. The molecular weight excluding hydrogens is 132 g/mol. The van der Waals surface area contributed by atoms with Crippen LogP contribution >= 0.6 is 0 Å². The third-order valence-electron chi connectivity index (χ3n) is 3.62. The van der Waals surface area contributed by atoms with Gasteiger partial charge >= 0.3 is 0 Å². The van der Waals surface area contributed by atoms with Crippen LogP contribution in [0.1, 0.15) is 39.0 Å². The molecule has 3 atom stereocenters. The third-order valence-corrected chi connectivity index (χ3v) is 3.62. The molecule has 2 fully saturated rings. The molecule has 2 rings (SSSR count). The van der Waals surface area contributed by atoms with E-state index in [0.717, 1.165) is 17.8 Å². The highest BCUT2D eigenvalue weighted by Crippen LogP contribution is 2.46. The van der Waals surface area contributed by atoms with Crippen LogP contribution in [0.3, 0.4) is 0 Å². The standard InChI is InChI=1S/C11H18/c1-8-3-5-10-6-4-9(2)11(10)7-8/h8,10-11H,2-7H2,1H3. The van der Waals surface area contributed by atoms with E-state index < -0.39 is 0 Å². The Morgan fingerprint density at radius 1 is 1.27 bits per heavy atom. The molecule has 0 saturated heterocycles. The zero-order valence-corrected chi connectivity index (χ0v) is 7.47. The topological polar surface area (TPSA) is 0 Å². The molecular formula is C11H18. The van der Waals surface area contributed by atoms with Gasteiger partial charge in [0.05, 0.1) is 0 Å². The molecule has 0 radical (unpaired) electrons. The molecule has 0 aromatic carbocycles. The molecule has 3 unspecified atom stereocenters. The lowest BCUT2D eigenvalue weighted by molar-refractivity contribution is 0.242. The van der Waals surface area contributed by atoms with E-state index in [1.807, 2.05) is 0 Å². The number of rotatable bonds is 0. The Balaban J connectivity index is 2.07. The predicted molar refractivity (Wildman–Crippen MR) is 48.4 cm³/mol. The molecule has 0 nitrogen and oxygen atoms in total. The van der Waals surface area contributed by atoms with Crippen LogP contribution < -0.4 is 0 Å². The first-order valence-corrected chi connectivity index (χ1v) is 4.95. The Hall–Kier alpha value is -0.260. The predicted octanol–water partition coefficient (Wildman–Crippen LogP) is 3.39. The van der Waals surface area contributed by atoms with Crippen molar-refractivity contribution in [3.8, 4) is 0 Å². The maximum absolute atomic E-state index is 4.17. The molecule has 0 N–H and O–H groups in total. The lowest BCUT2D eigenvalue weighted by Gasteiger charge is -2.30. The van der Waals surface area contributed by atoms with Crippen LogP contribution in [-0.2, 0) is 0 Å². The molecule has 0 aromatic rings. The Labute approximate surface area is 69.7 Å². The minimum Gasteiger partial charge on any atom is -0.0996 e. The summed E-state index contributed by atoms with van der Waals surface area (Å²) in [5.74, 6) is 2.91. The number of hydrogen-bond acceptors (Lipinski definition) is 0. The van der Waals surface area contributed by atoms with Gasteiger partial charge in [-0.1, -0.05) is 25.5 Å². The monoisotopic (exact) mass is 150 g/mol. The summed E-state index contributed by atoms with van der Waals surface area (Å²) < 4.78 is 0. The molecule has 62 valence electrons. The van der Waals surface area contributed by atoms with Crippen LogP contribution in [0.15, 0.2) is 12.2 Å². The maximum atomic E-state index is 4.17. The van der Waals surface area contributed by atoms with Crippen LogP contribution in [0, 0.1) is 17.8 Å². The molecule has 2 aliphatic carbocycles. The van der Waals surface area contributed by atoms with E-state index >= 15 is 0 Å². The van der Waals surface area contributed by atoms with Crippen molar-refractivity contribution in [2.24, 2.45) is 17.8 Å². The molecule has 2 saturated carbocycles. The first-order chi connectivity index (χ1) is 5.27. The summed E-state index contributed by atoms with van der Waals surface area (Å²) in [7, 11) is 0. The fourth-order valence-corrected chi connectivity index (χ4v) is 2.85. The van der Waals surface area contributed by atoms with E-state index in [2.05, 4.69) is 13.5 Å². The maximum Gasteiger partial charge on any atom is -0.0175 e. The van der Waals surface area contributed by atoms with Gasteiger partial charge in [0.15, 0.2) is 0 Å². The highest BCUT2D eigenvalue weighted by Gasteiger charge is 2.34. The van der Waals surface area contributed by atoms with Crippen molar-refractivity contribution in [2.75, 3.05) is 0 Å². The minimum absolute atomic E-state index is 0.916. The Kier molecular flexibility index (Phi) is 1.78. The molecule has 0 aliphatic heterocycles. The fraction of sp³-hybridized carbons (Fsp3) is 0.818. The van der Waals surface area contributed by atoms with Crippen molar-refractivity contribution in [1.29, 1.82) is 0 Å². The summed E-state index contributed by atoms with van der Waals surface area (Å²) in [4.78, 5) is 0. The van der Waals surface area contributed by atoms with Crippen LogP contribution in [0.25, 0.3) is 0 Å². The van der Waals surface area contributed by atoms with Crippen molar-refractivity contribution in [1.82, 2.24) is 0 Å². The van der Waals surface area contributed by atoms with Crippen LogP contribution in [0.2, 0.25) is 0 Å². The normalized spacial score (nSPS) is 44.1. The SMILES string of the molecule is C=C1CCC2CCC(C)CC12. The van der Waals surface area contributed by atoms with Crippen LogP contribution in [0.4, 0.5) is 0 Å². The average Bonchev–Trinajstić information content (AvgIpc) is 2.33. The van der Waals surface area contributed by atoms with Gasteiger partial charge in [-0.25, -0.2) is 0 Å². The molecule has 0 heteroatoms. The van der Waals surface area contributed by atoms with E-state index in [1.54, 1.807) is 5.57 Å². The molecule has 0 aromatic heterocycles. The molecule has 0 heterocycles. The fourth-order valence-electron chi connectivity index (χ4n) is 2.85. The van der Waals surface area contributed by atoms with Gasteiger partial charge in [0, 0.05) is 0 Å².